The van der Waals surface area contributed by atoms with Gasteiger partial charge in [-0.05, 0) is 163 Å². The summed E-state index contributed by atoms with van der Waals surface area (Å²) in [6.45, 7) is 3.60. The number of aliphatic imine (C=N–C) groups is 1. The second kappa shape index (κ2) is 20.0. The molecule has 338 valence electrons. The number of hydrogen-bond acceptors (Lipinski definition) is 10. The van der Waals surface area contributed by atoms with E-state index < -0.39 is 17.1 Å². The first-order valence-electron chi connectivity index (χ1n) is 23.3. The largest absolute Gasteiger partial charge is 0.504 e. The van der Waals surface area contributed by atoms with Gasteiger partial charge in [-0.3, -0.25) is 20.4 Å². The van der Waals surface area contributed by atoms with Crippen molar-refractivity contribution in [2.75, 3.05) is 46.2 Å². The lowest BCUT2D eigenvalue weighted by molar-refractivity contribution is -0.125. The summed E-state index contributed by atoms with van der Waals surface area (Å²) >= 11 is 0. The van der Waals surface area contributed by atoms with Crippen molar-refractivity contribution in [2.45, 2.75) is 145 Å². The Morgan fingerprint density at radius 1 is 1.00 bits per heavy atom. The predicted molar refractivity (Wildman–Crippen MR) is 244 cm³/mol. The minimum Gasteiger partial charge on any atom is -0.504 e. The first-order chi connectivity index (χ1) is 30.0. The van der Waals surface area contributed by atoms with Gasteiger partial charge >= 0.3 is 0 Å². The molecule has 5 atom stereocenters. The van der Waals surface area contributed by atoms with Gasteiger partial charge in [0.25, 0.3) is 0 Å². The Bertz CT molecular complexity index is 1990. The van der Waals surface area contributed by atoms with Crippen LogP contribution in [0.2, 0.25) is 0 Å². The molecule has 0 aromatic heterocycles. The SMILES string of the molecule is CN=C1NC#CCC2CCCC2(Cc2ccc(O)c(OC)c2)C(=O)C=CCC2(CCCC2)c2cc(c(O)c(OC3(CNC)CCC(CCOC4(NCC(C)O)CCCC4)C3)c2)N1. The molecule has 0 radical (unpaired) electrons. The van der Waals surface area contributed by atoms with E-state index in [1.807, 2.05) is 31.3 Å². The maximum Gasteiger partial charge on any atom is 0.207 e. The Morgan fingerprint density at radius 2 is 1.79 bits per heavy atom. The van der Waals surface area contributed by atoms with Crippen molar-refractivity contribution in [1.82, 2.24) is 16.0 Å². The lowest BCUT2D eigenvalue weighted by Crippen LogP contribution is -2.48. The number of carbonyl (C=O) groups is 1. The molecule has 1 heterocycles. The molecular formula is C50H71N5O7. The maximum absolute atomic E-state index is 14.7. The molecule has 1 spiro atoms. The van der Waals surface area contributed by atoms with Gasteiger partial charge in [0.2, 0.25) is 5.96 Å². The van der Waals surface area contributed by atoms with Gasteiger partial charge < -0.3 is 40.2 Å². The number of hydrogen-bond donors (Lipinski definition) is 7. The minimum absolute atomic E-state index is 0.0286. The number of methoxy groups -OCH3 is 1. The van der Waals surface area contributed by atoms with Crippen LogP contribution in [-0.2, 0) is 21.4 Å². The van der Waals surface area contributed by atoms with Crippen LogP contribution in [0, 0.1) is 29.2 Å². The van der Waals surface area contributed by atoms with Gasteiger partial charge in [0.15, 0.2) is 28.8 Å². The summed E-state index contributed by atoms with van der Waals surface area (Å²) in [4.78, 5) is 19.2. The number of aliphatic hydroxyl groups is 1. The molecule has 62 heavy (non-hydrogen) atoms. The number of aliphatic hydroxyl groups excluding tert-OH is 1. The number of anilines is 1. The molecule has 0 saturated heterocycles. The van der Waals surface area contributed by atoms with E-state index in [2.05, 4.69) is 50.4 Å². The van der Waals surface area contributed by atoms with Crippen molar-refractivity contribution in [1.29, 1.82) is 0 Å². The third kappa shape index (κ3) is 10.2. The number of ether oxygens (including phenoxy) is 3. The molecule has 4 fully saturated rings. The number of carbonyl (C=O) groups excluding carboxylic acids is 1. The van der Waals surface area contributed by atoms with Crippen LogP contribution in [0.1, 0.15) is 127 Å². The van der Waals surface area contributed by atoms with E-state index in [4.69, 9.17) is 14.2 Å². The monoisotopic (exact) mass is 854 g/mol. The van der Waals surface area contributed by atoms with Gasteiger partial charge in [-0.1, -0.05) is 37.3 Å². The third-order valence-corrected chi connectivity index (χ3v) is 14.9. The highest BCUT2D eigenvalue weighted by atomic mass is 16.5. The average molecular weight is 854 g/mol. The fourth-order valence-corrected chi connectivity index (χ4v) is 11.5. The molecule has 4 aliphatic carbocycles. The van der Waals surface area contributed by atoms with Gasteiger partial charge in [0, 0.05) is 44.6 Å². The summed E-state index contributed by atoms with van der Waals surface area (Å²) < 4.78 is 19.1. The zero-order chi connectivity index (χ0) is 43.8. The van der Waals surface area contributed by atoms with Crippen molar-refractivity contribution >= 4 is 17.4 Å². The number of fused-ring (bicyclic) bond motifs is 4. The molecule has 2 bridgehead atoms. The molecular weight excluding hydrogens is 783 g/mol. The molecule has 4 saturated carbocycles. The zero-order valence-electron chi connectivity index (χ0n) is 37.5. The van der Waals surface area contributed by atoms with Crippen molar-refractivity contribution in [2.24, 2.45) is 22.2 Å². The number of benzene rings is 2. The standard InChI is InChI=1S/C50H71N5O7/c1-35(56)33-54-50(23-7-8-24-50)61-27-18-36-17-25-48(31-36,34-51-2)62-43-30-39-29-40(45(43)59)55-46(52-3)53-26-11-13-38-12-9-22-49(38,32-37-15-16-41(57)42(28-37)60-4)44(58)14-10-21-47(39)19-5-6-20-47/h10,14-16,28-30,35-36,38,51,54,56-57,59H,5-9,12-13,17-25,27,31-34H2,1-4H3,(H2,52,53,55). The van der Waals surface area contributed by atoms with Crippen LogP contribution < -0.4 is 30.7 Å². The van der Waals surface area contributed by atoms with Crippen LogP contribution in [0.3, 0.4) is 0 Å². The van der Waals surface area contributed by atoms with Gasteiger partial charge in [0.05, 0.1) is 18.9 Å². The zero-order valence-corrected chi connectivity index (χ0v) is 37.5. The van der Waals surface area contributed by atoms with Crippen molar-refractivity contribution in [3.05, 3.63) is 53.6 Å². The molecule has 1 aliphatic heterocycles. The van der Waals surface area contributed by atoms with Crippen molar-refractivity contribution in [3.63, 3.8) is 0 Å². The molecule has 5 aliphatic rings. The van der Waals surface area contributed by atoms with E-state index in [1.54, 1.807) is 27.1 Å². The van der Waals surface area contributed by atoms with Gasteiger partial charge in [-0.15, -0.1) is 0 Å². The van der Waals surface area contributed by atoms with E-state index in [-0.39, 0.29) is 34.3 Å². The van der Waals surface area contributed by atoms with E-state index in [0.717, 1.165) is 107 Å². The van der Waals surface area contributed by atoms with E-state index in [0.29, 0.717) is 68.0 Å². The van der Waals surface area contributed by atoms with Crippen molar-refractivity contribution in [3.8, 4) is 35.0 Å². The molecule has 5 unspecified atom stereocenters. The van der Waals surface area contributed by atoms with E-state index in [1.165, 1.54) is 0 Å². The topological polar surface area (TPSA) is 166 Å². The summed E-state index contributed by atoms with van der Waals surface area (Å²) in [6.07, 6.45) is 19.6. The highest BCUT2D eigenvalue weighted by molar-refractivity contribution is 5.97. The highest BCUT2D eigenvalue weighted by Crippen LogP contribution is 2.52. The molecule has 12 nitrogen and oxygen atoms in total. The van der Waals surface area contributed by atoms with Crippen LogP contribution in [0.15, 0.2) is 47.5 Å². The Balaban J connectivity index is 1.17. The smallest absolute Gasteiger partial charge is 0.207 e. The second-order valence-corrected chi connectivity index (χ2v) is 19.1. The highest BCUT2D eigenvalue weighted by Gasteiger charge is 2.48. The molecule has 12 heteroatoms. The Morgan fingerprint density at radius 3 is 2.53 bits per heavy atom. The van der Waals surface area contributed by atoms with Crippen LogP contribution in [0.5, 0.6) is 23.0 Å². The molecule has 2 aromatic rings. The minimum atomic E-state index is -0.639. The summed E-state index contributed by atoms with van der Waals surface area (Å²) in [5, 5.41) is 45.8. The third-order valence-electron chi connectivity index (χ3n) is 14.9. The van der Waals surface area contributed by atoms with Crippen LogP contribution in [-0.4, -0.2) is 85.4 Å². The quantitative estimate of drug-likeness (QED) is 0.0569. The molecule has 0 amide bonds. The van der Waals surface area contributed by atoms with Crippen LogP contribution in [0.4, 0.5) is 5.69 Å². The normalized spacial score (nSPS) is 28.0. The second-order valence-electron chi connectivity index (χ2n) is 19.1. The van der Waals surface area contributed by atoms with E-state index in [9.17, 15) is 20.1 Å². The first-order valence-corrected chi connectivity index (χ1v) is 23.3. The summed E-state index contributed by atoms with van der Waals surface area (Å²) in [7, 11) is 5.18. The Hall–Kier alpha value is -4.28. The summed E-state index contributed by atoms with van der Waals surface area (Å²) in [5.41, 5.74) is 0.723. The predicted octanol–water partition coefficient (Wildman–Crippen LogP) is 7.60. The number of rotatable bonds is 14. The fraction of sp³-hybridized carbons (Fsp3) is 0.640. The number of phenolic OH excluding ortho intramolecular Hbond substituents is 2. The molecule has 7 rings (SSSR count). The summed E-state index contributed by atoms with van der Waals surface area (Å²) in [6, 6.07) is 12.6. The number of allylic oxidation sites excluding steroid dienone is 2. The lowest BCUT2D eigenvalue weighted by Gasteiger charge is -2.35. The van der Waals surface area contributed by atoms with Crippen molar-refractivity contribution < 1.29 is 34.3 Å². The average Bonchev–Trinajstić information content (AvgIpc) is 4.09. The molecule has 2 aromatic carbocycles. The number of nitrogens with zero attached hydrogens (tertiary/aromatic N) is 1. The summed E-state index contributed by atoms with van der Waals surface area (Å²) in [5.74, 6) is 5.23. The number of phenols is 2. The van der Waals surface area contributed by atoms with Crippen LogP contribution >= 0.6 is 0 Å². The maximum atomic E-state index is 14.7. The van der Waals surface area contributed by atoms with Gasteiger partial charge in [-0.25, -0.2) is 0 Å². The van der Waals surface area contributed by atoms with Gasteiger partial charge in [-0.2, -0.15) is 0 Å². The number of likely N-dealkylation sites (N-methyl/N-ethyl adjacent to an activating group) is 1. The number of nitrogens with one attached hydrogen (secondary N) is 4. The van der Waals surface area contributed by atoms with Crippen LogP contribution in [0.25, 0.3) is 0 Å². The fourth-order valence-electron chi connectivity index (χ4n) is 11.5. The Kier molecular flexibility index (Phi) is 14.8. The van der Waals surface area contributed by atoms with Gasteiger partial charge in [0.1, 0.15) is 11.3 Å². The first kappa shape index (κ1) is 45.7. The Labute approximate surface area is 369 Å². The number of guanidine groups is 1. The molecule has 7 N–H and O–H groups in total. The lowest BCUT2D eigenvalue weighted by atomic mass is 9.68. The van der Waals surface area contributed by atoms with E-state index >= 15 is 0 Å². The number of aromatic hydroxyl groups is 2. The number of ketones is 1.